The van der Waals surface area contributed by atoms with Crippen LogP contribution in [0.2, 0.25) is 5.02 Å². The van der Waals surface area contributed by atoms with E-state index < -0.39 is 0 Å². The van der Waals surface area contributed by atoms with E-state index >= 15 is 0 Å². The fourth-order valence-electron chi connectivity index (χ4n) is 1.77. The van der Waals surface area contributed by atoms with Gasteiger partial charge in [0.1, 0.15) is 5.75 Å². The minimum absolute atomic E-state index is 0.150. The zero-order valence-electron chi connectivity index (χ0n) is 10.8. The number of methoxy groups -OCH3 is 1. The number of halogens is 1. The summed E-state index contributed by atoms with van der Waals surface area (Å²) < 4.78 is 5.25. The lowest BCUT2D eigenvalue weighted by Crippen LogP contribution is -2.13. The van der Waals surface area contributed by atoms with Crippen molar-refractivity contribution in [3.63, 3.8) is 0 Å². The van der Waals surface area contributed by atoms with Gasteiger partial charge in [0, 0.05) is 34.6 Å². The lowest BCUT2D eigenvalue weighted by atomic mass is 10.2. The van der Waals surface area contributed by atoms with Crippen LogP contribution in [-0.2, 0) is 13.1 Å². The number of nitro groups is 1. The summed E-state index contributed by atoms with van der Waals surface area (Å²) in [5.41, 5.74) is 0.878. The van der Waals surface area contributed by atoms with Crippen molar-refractivity contribution < 1.29 is 9.66 Å². The molecule has 0 aliphatic carbocycles. The van der Waals surface area contributed by atoms with Crippen molar-refractivity contribution in [2.24, 2.45) is 0 Å². The number of hydrogen-bond acceptors (Lipinski definition) is 5. The molecule has 0 atom stereocenters. The normalized spacial score (nSPS) is 10.5. The molecule has 20 heavy (non-hydrogen) atoms. The van der Waals surface area contributed by atoms with E-state index in [1.807, 2.05) is 12.1 Å². The third-order valence-electron chi connectivity index (χ3n) is 2.72. The van der Waals surface area contributed by atoms with E-state index in [2.05, 4.69) is 5.32 Å². The summed E-state index contributed by atoms with van der Waals surface area (Å²) in [6.45, 7) is 1.08. The second-order valence-corrected chi connectivity index (χ2v) is 5.58. The summed E-state index contributed by atoms with van der Waals surface area (Å²) in [7, 11) is 1.60. The van der Waals surface area contributed by atoms with E-state index in [1.165, 1.54) is 6.07 Å². The maximum absolute atomic E-state index is 10.6. The van der Waals surface area contributed by atoms with Crippen LogP contribution in [0.15, 0.2) is 30.3 Å². The number of rotatable bonds is 6. The molecule has 7 heteroatoms. The third-order valence-corrected chi connectivity index (χ3v) is 4.12. The van der Waals surface area contributed by atoms with Crippen molar-refractivity contribution in [3.05, 3.63) is 55.9 Å². The average molecular weight is 313 g/mol. The monoisotopic (exact) mass is 312 g/mol. The average Bonchev–Trinajstić information content (AvgIpc) is 2.89. The molecule has 0 amide bonds. The molecule has 5 nitrogen and oxygen atoms in total. The molecule has 2 rings (SSSR count). The Balaban J connectivity index is 1.97. The number of hydrogen-bond donors (Lipinski definition) is 1. The molecule has 0 radical (unpaired) electrons. The van der Waals surface area contributed by atoms with Gasteiger partial charge >= 0.3 is 5.00 Å². The predicted molar refractivity (Wildman–Crippen MR) is 79.5 cm³/mol. The van der Waals surface area contributed by atoms with Crippen molar-refractivity contribution in [2.45, 2.75) is 13.1 Å². The van der Waals surface area contributed by atoms with Gasteiger partial charge in [-0.2, -0.15) is 0 Å². The standard InChI is InChI=1S/C13H13ClN2O3S/c1-19-12-4-2-3-11(14)10(12)8-15-7-9-5-6-13(20-9)16(17)18/h2-6,15H,7-8H2,1H3. The number of nitrogens with zero attached hydrogens (tertiary/aromatic N) is 1. The van der Waals surface area contributed by atoms with E-state index in [1.54, 1.807) is 19.2 Å². The van der Waals surface area contributed by atoms with Gasteiger partial charge in [-0.05, 0) is 18.2 Å². The molecule has 0 fully saturated rings. The van der Waals surface area contributed by atoms with Crippen LogP contribution in [0.1, 0.15) is 10.4 Å². The van der Waals surface area contributed by atoms with Crippen molar-refractivity contribution >= 4 is 27.9 Å². The van der Waals surface area contributed by atoms with E-state index in [0.29, 0.717) is 18.1 Å². The first-order valence-corrected chi connectivity index (χ1v) is 7.06. The molecular weight excluding hydrogens is 300 g/mol. The molecule has 0 aliphatic rings. The molecule has 1 N–H and O–H groups in total. The van der Waals surface area contributed by atoms with Gasteiger partial charge in [-0.15, -0.1) is 0 Å². The van der Waals surface area contributed by atoms with E-state index in [4.69, 9.17) is 16.3 Å². The summed E-state index contributed by atoms with van der Waals surface area (Å²) in [5, 5.41) is 14.6. The molecule has 1 aromatic heterocycles. The van der Waals surface area contributed by atoms with Crippen LogP contribution < -0.4 is 10.1 Å². The quantitative estimate of drug-likeness (QED) is 0.653. The Morgan fingerprint density at radius 2 is 2.15 bits per heavy atom. The van der Waals surface area contributed by atoms with Gasteiger partial charge in [0.25, 0.3) is 0 Å². The molecule has 2 aromatic rings. The number of thiophene rings is 1. The molecule has 0 saturated heterocycles. The lowest BCUT2D eigenvalue weighted by Gasteiger charge is -2.10. The Hall–Kier alpha value is -1.63. The molecule has 0 aliphatic heterocycles. The van der Waals surface area contributed by atoms with Crippen LogP contribution in [0.4, 0.5) is 5.00 Å². The Morgan fingerprint density at radius 1 is 1.35 bits per heavy atom. The van der Waals surface area contributed by atoms with Gasteiger partial charge < -0.3 is 10.1 Å². The van der Waals surface area contributed by atoms with Crippen LogP contribution in [0.3, 0.4) is 0 Å². The Labute approximate surface area is 125 Å². The van der Waals surface area contributed by atoms with Crippen LogP contribution in [0.5, 0.6) is 5.75 Å². The van der Waals surface area contributed by atoms with Crippen LogP contribution in [-0.4, -0.2) is 12.0 Å². The van der Waals surface area contributed by atoms with Crippen molar-refractivity contribution in [2.75, 3.05) is 7.11 Å². The molecule has 1 aromatic carbocycles. The van der Waals surface area contributed by atoms with Gasteiger partial charge in [-0.25, -0.2) is 0 Å². The molecule has 0 saturated carbocycles. The largest absolute Gasteiger partial charge is 0.496 e. The molecular formula is C13H13ClN2O3S. The van der Waals surface area contributed by atoms with Gasteiger partial charge in [-0.3, -0.25) is 10.1 Å². The summed E-state index contributed by atoms with van der Waals surface area (Å²) in [4.78, 5) is 11.1. The SMILES string of the molecule is COc1cccc(Cl)c1CNCc1ccc([N+](=O)[O-])s1. The summed E-state index contributed by atoms with van der Waals surface area (Å²) in [6, 6.07) is 8.74. The van der Waals surface area contributed by atoms with Gasteiger partial charge in [0.2, 0.25) is 0 Å². The summed E-state index contributed by atoms with van der Waals surface area (Å²) >= 11 is 7.29. The van der Waals surface area contributed by atoms with Crippen molar-refractivity contribution in [1.29, 1.82) is 0 Å². The second kappa shape index (κ2) is 6.69. The zero-order valence-corrected chi connectivity index (χ0v) is 12.3. The summed E-state index contributed by atoms with van der Waals surface area (Å²) in [6.07, 6.45) is 0. The first-order valence-electron chi connectivity index (χ1n) is 5.87. The Morgan fingerprint density at radius 3 is 2.80 bits per heavy atom. The van der Waals surface area contributed by atoms with Gasteiger partial charge in [0.05, 0.1) is 12.0 Å². The number of benzene rings is 1. The highest BCUT2D eigenvalue weighted by Gasteiger charge is 2.10. The minimum atomic E-state index is -0.384. The van der Waals surface area contributed by atoms with Gasteiger partial charge in [-0.1, -0.05) is 29.0 Å². The van der Waals surface area contributed by atoms with E-state index in [0.717, 1.165) is 27.5 Å². The predicted octanol–water partition coefficient (Wildman–Crippen LogP) is 3.61. The first-order chi connectivity index (χ1) is 9.61. The lowest BCUT2D eigenvalue weighted by molar-refractivity contribution is -0.380. The zero-order chi connectivity index (χ0) is 14.5. The smallest absolute Gasteiger partial charge is 0.324 e. The van der Waals surface area contributed by atoms with Gasteiger partial charge in [0.15, 0.2) is 0 Å². The maximum atomic E-state index is 10.6. The first kappa shape index (κ1) is 14.8. The fraction of sp³-hybridized carbons (Fsp3) is 0.231. The van der Waals surface area contributed by atoms with E-state index in [9.17, 15) is 10.1 Å². The highest BCUT2D eigenvalue weighted by Crippen LogP contribution is 2.27. The second-order valence-electron chi connectivity index (χ2n) is 4.02. The molecule has 0 spiro atoms. The van der Waals surface area contributed by atoms with Crippen molar-refractivity contribution in [3.8, 4) is 5.75 Å². The van der Waals surface area contributed by atoms with Crippen molar-refractivity contribution in [1.82, 2.24) is 5.32 Å². The highest BCUT2D eigenvalue weighted by atomic mass is 35.5. The third kappa shape index (κ3) is 3.47. The Bertz CT molecular complexity index is 615. The number of nitrogens with one attached hydrogen (secondary N) is 1. The molecule has 106 valence electrons. The topological polar surface area (TPSA) is 64.4 Å². The van der Waals surface area contributed by atoms with Crippen LogP contribution in [0, 0.1) is 10.1 Å². The summed E-state index contributed by atoms with van der Waals surface area (Å²) in [5.74, 6) is 0.724. The maximum Gasteiger partial charge on any atom is 0.324 e. The molecule has 0 bridgehead atoms. The van der Waals surface area contributed by atoms with Crippen LogP contribution >= 0.6 is 22.9 Å². The Kier molecular flexibility index (Phi) is 4.94. The molecule has 0 unspecified atom stereocenters. The highest BCUT2D eigenvalue weighted by molar-refractivity contribution is 7.15. The molecule has 1 heterocycles. The van der Waals surface area contributed by atoms with Crippen LogP contribution in [0.25, 0.3) is 0 Å². The minimum Gasteiger partial charge on any atom is -0.496 e. The van der Waals surface area contributed by atoms with E-state index in [-0.39, 0.29) is 9.92 Å². The fourth-order valence-corrected chi connectivity index (χ4v) is 2.79. The number of ether oxygens (including phenoxy) is 1.